The van der Waals surface area contributed by atoms with Crippen LogP contribution in [0.5, 0.6) is 0 Å². The molecule has 0 spiro atoms. The van der Waals surface area contributed by atoms with Crippen molar-refractivity contribution in [2.24, 2.45) is 11.3 Å². The zero-order valence-electron chi connectivity index (χ0n) is 10.5. The van der Waals surface area contributed by atoms with Crippen LogP contribution in [0.15, 0.2) is 27.8 Å². The zero-order chi connectivity index (χ0) is 13.4. The van der Waals surface area contributed by atoms with E-state index in [1.54, 1.807) is 12.3 Å². The molecule has 0 bridgehead atoms. The molecule has 1 aliphatic carbocycles. The van der Waals surface area contributed by atoms with Gasteiger partial charge in [0.1, 0.15) is 4.90 Å². The molecule has 1 aromatic rings. The van der Waals surface area contributed by atoms with Gasteiger partial charge >= 0.3 is 0 Å². The molecular weight excluding hydrogens is 316 g/mol. The van der Waals surface area contributed by atoms with Crippen molar-refractivity contribution >= 4 is 26.0 Å². The van der Waals surface area contributed by atoms with Crippen LogP contribution in [-0.2, 0) is 10.0 Å². The third kappa shape index (κ3) is 2.92. The smallest absolute Gasteiger partial charge is 0.242 e. The van der Waals surface area contributed by atoms with Crippen LogP contribution in [0.4, 0.5) is 0 Å². The van der Waals surface area contributed by atoms with Crippen LogP contribution in [-0.4, -0.2) is 19.9 Å². The Morgan fingerprint density at radius 3 is 2.61 bits per heavy atom. The molecule has 0 aromatic carbocycles. The Bertz CT molecular complexity index is 539. The SMILES string of the molecule is CC(C)C1(CNS(=O)(=O)c2cncc(Br)c2)CC1. The molecule has 0 amide bonds. The lowest BCUT2D eigenvalue weighted by molar-refractivity contribution is 0.357. The minimum atomic E-state index is -3.45. The van der Waals surface area contributed by atoms with Crippen molar-refractivity contribution in [2.45, 2.75) is 31.6 Å². The second kappa shape index (κ2) is 4.90. The zero-order valence-corrected chi connectivity index (χ0v) is 12.9. The first kappa shape index (κ1) is 14.0. The van der Waals surface area contributed by atoms with Gasteiger partial charge in [0.05, 0.1) is 0 Å². The molecule has 1 aliphatic rings. The van der Waals surface area contributed by atoms with Gasteiger partial charge in [-0.15, -0.1) is 0 Å². The van der Waals surface area contributed by atoms with Crippen molar-refractivity contribution in [1.29, 1.82) is 0 Å². The fraction of sp³-hybridized carbons (Fsp3) is 0.583. The number of aromatic nitrogens is 1. The predicted molar refractivity (Wildman–Crippen MR) is 73.6 cm³/mol. The van der Waals surface area contributed by atoms with Crippen molar-refractivity contribution < 1.29 is 8.42 Å². The van der Waals surface area contributed by atoms with Gasteiger partial charge in [-0.05, 0) is 46.2 Å². The average molecular weight is 333 g/mol. The molecular formula is C12H17BrN2O2S. The Kier molecular flexibility index (Phi) is 3.80. The summed E-state index contributed by atoms with van der Waals surface area (Å²) in [7, 11) is -3.45. The van der Waals surface area contributed by atoms with Crippen LogP contribution >= 0.6 is 15.9 Å². The second-order valence-corrected chi connectivity index (χ2v) is 7.86. The highest BCUT2D eigenvalue weighted by molar-refractivity contribution is 9.10. The van der Waals surface area contributed by atoms with Crippen LogP contribution in [0.25, 0.3) is 0 Å². The minimum Gasteiger partial charge on any atom is -0.262 e. The fourth-order valence-electron chi connectivity index (χ4n) is 1.98. The van der Waals surface area contributed by atoms with E-state index < -0.39 is 10.0 Å². The van der Waals surface area contributed by atoms with Crippen LogP contribution in [0.3, 0.4) is 0 Å². The van der Waals surface area contributed by atoms with Gasteiger partial charge in [-0.3, -0.25) is 4.98 Å². The normalized spacial score (nSPS) is 18.0. The molecule has 0 radical (unpaired) electrons. The van der Waals surface area contributed by atoms with Crippen LogP contribution in [0, 0.1) is 11.3 Å². The van der Waals surface area contributed by atoms with Gasteiger partial charge in [-0.25, -0.2) is 13.1 Å². The summed E-state index contributed by atoms with van der Waals surface area (Å²) in [5, 5.41) is 0. The van der Waals surface area contributed by atoms with Gasteiger partial charge in [-0.2, -0.15) is 0 Å². The molecule has 1 fully saturated rings. The molecule has 1 saturated carbocycles. The summed E-state index contributed by atoms with van der Waals surface area (Å²) >= 11 is 3.23. The van der Waals surface area contributed by atoms with E-state index in [-0.39, 0.29) is 10.3 Å². The number of nitrogens with zero attached hydrogens (tertiary/aromatic N) is 1. The summed E-state index contributed by atoms with van der Waals surface area (Å²) in [4.78, 5) is 4.08. The Hall–Kier alpha value is -0.460. The highest BCUT2D eigenvalue weighted by Crippen LogP contribution is 2.51. The summed E-state index contributed by atoms with van der Waals surface area (Å²) in [5.41, 5.74) is 0.159. The summed E-state index contributed by atoms with van der Waals surface area (Å²) < 4.78 is 27.6. The summed E-state index contributed by atoms with van der Waals surface area (Å²) in [6.07, 6.45) is 5.13. The van der Waals surface area contributed by atoms with E-state index in [9.17, 15) is 8.42 Å². The number of pyridine rings is 1. The molecule has 2 rings (SSSR count). The number of sulfonamides is 1. The van der Waals surface area contributed by atoms with Crippen molar-refractivity contribution in [2.75, 3.05) is 6.54 Å². The lowest BCUT2D eigenvalue weighted by atomic mass is 9.93. The van der Waals surface area contributed by atoms with E-state index >= 15 is 0 Å². The minimum absolute atomic E-state index is 0.159. The maximum Gasteiger partial charge on any atom is 0.242 e. The van der Waals surface area contributed by atoms with E-state index in [0.717, 1.165) is 12.8 Å². The van der Waals surface area contributed by atoms with Gasteiger partial charge in [-0.1, -0.05) is 13.8 Å². The maximum absolute atomic E-state index is 12.1. The first-order valence-electron chi connectivity index (χ1n) is 5.96. The molecule has 18 heavy (non-hydrogen) atoms. The van der Waals surface area contributed by atoms with Crippen molar-refractivity contribution in [3.8, 4) is 0 Å². The van der Waals surface area contributed by atoms with Gasteiger partial charge in [0.2, 0.25) is 10.0 Å². The second-order valence-electron chi connectivity index (χ2n) is 5.18. The predicted octanol–water partition coefficient (Wildman–Crippen LogP) is 2.56. The molecule has 0 atom stereocenters. The van der Waals surface area contributed by atoms with Crippen molar-refractivity contribution in [3.05, 3.63) is 22.9 Å². The maximum atomic E-state index is 12.1. The van der Waals surface area contributed by atoms with E-state index in [1.807, 2.05) is 0 Å². The van der Waals surface area contributed by atoms with E-state index in [1.165, 1.54) is 6.20 Å². The standard InChI is InChI=1S/C12H17BrN2O2S/c1-9(2)12(3-4-12)8-15-18(16,17)11-5-10(13)6-14-7-11/h5-7,9,15H,3-4,8H2,1-2H3. The lowest BCUT2D eigenvalue weighted by Crippen LogP contribution is -2.32. The summed E-state index contributed by atoms with van der Waals surface area (Å²) in [6, 6.07) is 1.56. The van der Waals surface area contributed by atoms with Crippen LogP contribution < -0.4 is 4.72 Å². The first-order chi connectivity index (χ1) is 8.36. The van der Waals surface area contributed by atoms with E-state index in [2.05, 4.69) is 39.5 Å². The Morgan fingerprint density at radius 2 is 2.11 bits per heavy atom. The van der Waals surface area contributed by atoms with Gasteiger partial charge in [0.15, 0.2) is 0 Å². The number of hydrogen-bond acceptors (Lipinski definition) is 3. The molecule has 1 N–H and O–H groups in total. The number of nitrogens with one attached hydrogen (secondary N) is 1. The number of rotatable bonds is 5. The molecule has 1 heterocycles. The lowest BCUT2D eigenvalue weighted by Gasteiger charge is -2.19. The molecule has 4 nitrogen and oxygen atoms in total. The molecule has 6 heteroatoms. The molecule has 0 saturated heterocycles. The molecule has 0 aliphatic heterocycles. The largest absolute Gasteiger partial charge is 0.262 e. The Balaban J connectivity index is 2.09. The third-order valence-electron chi connectivity index (χ3n) is 3.72. The topological polar surface area (TPSA) is 59.1 Å². The Morgan fingerprint density at radius 1 is 1.44 bits per heavy atom. The molecule has 100 valence electrons. The number of halogens is 1. The Labute approximate surface area is 116 Å². The van der Waals surface area contributed by atoms with Crippen molar-refractivity contribution in [3.63, 3.8) is 0 Å². The van der Waals surface area contributed by atoms with E-state index in [0.29, 0.717) is 16.9 Å². The average Bonchev–Trinajstić information content (AvgIpc) is 3.07. The molecule has 1 aromatic heterocycles. The quantitative estimate of drug-likeness (QED) is 0.901. The first-order valence-corrected chi connectivity index (χ1v) is 8.24. The highest BCUT2D eigenvalue weighted by Gasteiger charge is 2.45. The van der Waals surface area contributed by atoms with Crippen molar-refractivity contribution in [1.82, 2.24) is 9.71 Å². The fourth-order valence-corrected chi connectivity index (χ4v) is 3.62. The molecule has 0 unspecified atom stereocenters. The summed E-state index contributed by atoms with van der Waals surface area (Å²) in [6.45, 7) is 4.80. The van der Waals surface area contributed by atoms with Gasteiger partial charge in [0, 0.05) is 23.4 Å². The van der Waals surface area contributed by atoms with Crippen LogP contribution in [0.2, 0.25) is 0 Å². The van der Waals surface area contributed by atoms with Gasteiger partial charge < -0.3 is 0 Å². The summed E-state index contributed by atoms with van der Waals surface area (Å²) in [5.74, 6) is 0.501. The number of hydrogen-bond donors (Lipinski definition) is 1. The van der Waals surface area contributed by atoms with Crippen LogP contribution in [0.1, 0.15) is 26.7 Å². The highest BCUT2D eigenvalue weighted by atomic mass is 79.9. The van der Waals surface area contributed by atoms with Gasteiger partial charge in [0.25, 0.3) is 0 Å². The van der Waals surface area contributed by atoms with E-state index in [4.69, 9.17) is 0 Å². The third-order valence-corrected chi connectivity index (χ3v) is 5.52. The monoisotopic (exact) mass is 332 g/mol.